The van der Waals surface area contributed by atoms with E-state index in [1.807, 2.05) is 0 Å². The molecule has 0 radical (unpaired) electrons. The van der Waals surface area contributed by atoms with Gasteiger partial charge in [0, 0.05) is 38.3 Å². The zero-order valence-corrected chi connectivity index (χ0v) is 17.3. The van der Waals surface area contributed by atoms with Gasteiger partial charge in [-0.1, -0.05) is 27.7 Å². The molecule has 0 aromatic rings. The van der Waals surface area contributed by atoms with E-state index >= 15 is 0 Å². The van der Waals surface area contributed by atoms with Gasteiger partial charge in [0.2, 0.25) is 0 Å². The lowest BCUT2D eigenvalue weighted by Crippen LogP contribution is -2.54. The molecule has 0 N–H and O–H groups in total. The molecule has 1 fully saturated rings. The maximum Gasteiger partial charge on any atom is 0.0520 e. The Morgan fingerprint density at radius 3 is 1.78 bits per heavy atom. The van der Waals surface area contributed by atoms with Crippen LogP contribution >= 0.6 is 0 Å². The smallest absolute Gasteiger partial charge is 0.0520 e. The summed E-state index contributed by atoms with van der Waals surface area (Å²) in [6, 6.07) is 0. The van der Waals surface area contributed by atoms with Crippen LogP contribution in [0.15, 0.2) is 0 Å². The highest BCUT2D eigenvalue weighted by Crippen LogP contribution is 2.35. The number of hydrogen-bond acceptors (Lipinski definition) is 3. The summed E-state index contributed by atoms with van der Waals surface area (Å²) < 4.78 is 5.87. The molecule has 1 aliphatic rings. The van der Waals surface area contributed by atoms with Gasteiger partial charge in [-0.05, 0) is 51.9 Å². The lowest BCUT2D eigenvalue weighted by molar-refractivity contribution is -0.00782. The number of hydrogen-bond donors (Lipinski definition) is 0. The summed E-state index contributed by atoms with van der Waals surface area (Å²) in [5.41, 5.74) is 0.868. The van der Waals surface area contributed by atoms with E-state index in [1.54, 1.807) is 0 Å². The molecule has 0 saturated carbocycles. The van der Waals surface area contributed by atoms with Crippen LogP contribution in [0.25, 0.3) is 0 Å². The third-order valence-corrected chi connectivity index (χ3v) is 4.74. The Bertz CT molecular complexity index is 347. The van der Waals surface area contributed by atoms with Crippen molar-refractivity contribution in [2.75, 3.05) is 39.3 Å². The van der Waals surface area contributed by atoms with Gasteiger partial charge >= 0.3 is 0 Å². The van der Waals surface area contributed by atoms with Crippen LogP contribution in [0.3, 0.4) is 0 Å². The van der Waals surface area contributed by atoms with Crippen molar-refractivity contribution in [3.63, 3.8) is 0 Å². The molecule has 0 spiro atoms. The number of ether oxygens (including phenoxy) is 1. The molecule has 23 heavy (non-hydrogen) atoms. The van der Waals surface area contributed by atoms with Crippen LogP contribution in [0.4, 0.5) is 0 Å². The van der Waals surface area contributed by atoms with Crippen molar-refractivity contribution >= 4 is 0 Å². The lowest BCUT2D eigenvalue weighted by Gasteiger charge is -2.45. The Kier molecular flexibility index (Phi) is 7.13. The van der Waals surface area contributed by atoms with Crippen molar-refractivity contribution < 1.29 is 4.74 Å². The van der Waals surface area contributed by atoms with Crippen molar-refractivity contribution in [1.82, 2.24) is 9.80 Å². The molecule has 0 aromatic heterocycles. The van der Waals surface area contributed by atoms with Crippen molar-refractivity contribution in [1.29, 1.82) is 0 Å². The molecule has 0 atom stereocenters. The molecule has 3 nitrogen and oxygen atoms in total. The van der Waals surface area contributed by atoms with Gasteiger partial charge in [0.05, 0.1) is 12.7 Å². The minimum absolute atomic E-state index is 0.237. The third kappa shape index (κ3) is 8.00. The Morgan fingerprint density at radius 1 is 0.826 bits per heavy atom. The van der Waals surface area contributed by atoms with Gasteiger partial charge < -0.3 is 9.64 Å². The number of piperazine rings is 1. The largest absolute Gasteiger partial charge is 0.378 e. The Labute approximate surface area is 145 Å². The highest BCUT2D eigenvalue weighted by atomic mass is 16.5. The number of rotatable bonds is 7. The van der Waals surface area contributed by atoms with E-state index in [1.165, 1.54) is 39.1 Å². The summed E-state index contributed by atoms with van der Waals surface area (Å²) in [5.74, 6) is 0. The molecule has 138 valence electrons. The average Bonchev–Trinajstić information content (AvgIpc) is 2.34. The Morgan fingerprint density at radius 2 is 1.35 bits per heavy atom. The van der Waals surface area contributed by atoms with Crippen LogP contribution in [0.1, 0.15) is 68.7 Å². The van der Waals surface area contributed by atoms with Crippen molar-refractivity contribution in [3.05, 3.63) is 0 Å². The summed E-state index contributed by atoms with van der Waals surface area (Å²) in [7, 11) is 0. The monoisotopic (exact) mass is 326 g/mol. The van der Waals surface area contributed by atoms with Crippen LogP contribution in [0.5, 0.6) is 0 Å². The van der Waals surface area contributed by atoms with Gasteiger partial charge in [0.25, 0.3) is 0 Å². The molecule has 1 saturated heterocycles. The first kappa shape index (κ1) is 20.9. The maximum absolute atomic E-state index is 5.87. The number of nitrogens with zero attached hydrogens (tertiary/aromatic N) is 2. The van der Waals surface area contributed by atoms with E-state index in [2.05, 4.69) is 72.1 Å². The van der Waals surface area contributed by atoms with Crippen LogP contribution < -0.4 is 0 Å². The zero-order valence-electron chi connectivity index (χ0n) is 17.3. The fourth-order valence-corrected chi connectivity index (χ4v) is 3.98. The SMILES string of the molecule is CC(C)OCC(C)(C)CC(C)(C)CN1CCN(C(C)(C)C)CC1. The van der Waals surface area contributed by atoms with Crippen molar-refractivity contribution in [2.24, 2.45) is 10.8 Å². The van der Waals surface area contributed by atoms with Crippen LogP contribution in [-0.4, -0.2) is 60.8 Å². The molecule has 0 unspecified atom stereocenters. The summed E-state index contributed by atoms with van der Waals surface area (Å²) in [6.45, 7) is 27.6. The quantitative estimate of drug-likeness (QED) is 0.695. The summed E-state index contributed by atoms with van der Waals surface area (Å²) in [5, 5.41) is 0. The van der Waals surface area contributed by atoms with Crippen LogP contribution in [0, 0.1) is 10.8 Å². The first-order valence-corrected chi connectivity index (χ1v) is 9.40. The summed E-state index contributed by atoms with van der Waals surface area (Å²) in [4.78, 5) is 5.26. The van der Waals surface area contributed by atoms with Gasteiger partial charge in [-0.15, -0.1) is 0 Å². The third-order valence-electron chi connectivity index (χ3n) is 4.74. The zero-order chi connectivity index (χ0) is 17.9. The summed E-state index contributed by atoms with van der Waals surface area (Å²) >= 11 is 0. The second kappa shape index (κ2) is 7.84. The molecule has 1 aliphatic heterocycles. The average molecular weight is 327 g/mol. The topological polar surface area (TPSA) is 15.7 Å². The van der Waals surface area contributed by atoms with Crippen LogP contribution in [0.2, 0.25) is 0 Å². The van der Waals surface area contributed by atoms with E-state index in [4.69, 9.17) is 4.74 Å². The molecular formula is C20H42N2O. The minimum Gasteiger partial charge on any atom is -0.378 e. The van der Waals surface area contributed by atoms with Crippen LogP contribution in [-0.2, 0) is 4.74 Å². The van der Waals surface area contributed by atoms with Gasteiger partial charge in [-0.25, -0.2) is 0 Å². The first-order valence-electron chi connectivity index (χ1n) is 9.40. The fraction of sp³-hybridized carbons (Fsp3) is 1.00. The molecule has 0 aliphatic carbocycles. The second-order valence-corrected chi connectivity index (χ2v) is 10.3. The van der Waals surface area contributed by atoms with Crippen molar-refractivity contribution in [3.8, 4) is 0 Å². The van der Waals surface area contributed by atoms with E-state index in [0.717, 1.165) is 6.61 Å². The first-order chi connectivity index (χ1) is 10.3. The van der Waals surface area contributed by atoms with E-state index in [9.17, 15) is 0 Å². The predicted molar refractivity (Wildman–Crippen MR) is 101 cm³/mol. The predicted octanol–water partition coefficient (Wildman–Crippen LogP) is 4.27. The molecule has 3 heteroatoms. The molecular weight excluding hydrogens is 284 g/mol. The highest BCUT2D eigenvalue weighted by molar-refractivity contribution is 4.86. The lowest BCUT2D eigenvalue weighted by atomic mass is 9.75. The fourth-order valence-electron chi connectivity index (χ4n) is 3.98. The molecule has 0 aromatic carbocycles. The Balaban J connectivity index is 2.46. The Hall–Kier alpha value is -0.120. The van der Waals surface area contributed by atoms with E-state index in [-0.39, 0.29) is 5.41 Å². The van der Waals surface area contributed by atoms with E-state index < -0.39 is 0 Å². The molecule has 1 heterocycles. The van der Waals surface area contributed by atoms with Gasteiger partial charge in [0.15, 0.2) is 0 Å². The highest BCUT2D eigenvalue weighted by Gasteiger charge is 2.33. The molecule has 0 bridgehead atoms. The van der Waals surface area contributed by atoms with Gasteiger partial charge in [-0.2, -0.15) is 0 Å². The minimum atomic E-state index is 0.237. The van der Waals surface area contributed by atoms with E-state index in [0.29, 0.717) is 17.1 Å². The molecule has 0 amide bonds. The summed E-state index contributed by atoms with van der Waals surface area (Å²) in [6.07, 6.45) is 1.52. The van der Waals surface area contributed by atoms with Crippen molar-refractivity contribution in [2.45, 2.75) is 80.4 Å². The standard InChI is InChI=1S/C20H42N2O/c1-17(2)23-16-20(8,9)14-19(6,7)15-21-10-12-22(13-11-21)18(3,4)5/h17H,10-16H2,1-9H3. The maximum atomic E-state index is 5.87. The normalized spacial score (nSPS) is 19.6. The second-order valence-electron chi connectivity index (χ2n) is 10.3. The van der Waals surface area contributed by atoms with Gasteiger partial charge in [0.1, 0.15) is 0 Å². The van der Waals surface area contributed by atoms with Gasteiger partial charge in [-0.3, -0.25) is 4.90 Å². The molecule has 1 rings (SSSR count).